The molecule has 2 atom stereocenters. The summed E-state index contributed by atoms with van der Waals surface area (Å²) in [4.78, 5) is 18.3. The van der Waals surface area contributed by atoms with Crippen LogP contribution in [-0.4, -0.2) is 63.1 Å². The van der Waals surface area contributed by atoms with Crippen LogP contribution in [0.25, 0.3) is 0 Å². The first-order valence-electron chi connectivity index (χ1n) is 7.81. The summed E-state index contributed by atoms with van der Waals surface area (Å²) in [7, 11) is 1.59. The Balaban J connectivity index is 1.83. The third kappa shape index (κ3) is 5.78. The van der Waals surface area contributed by atoms with Crippen molar-refractivity contribution in [2.75, 3.05) is 50.2 Å². The van der Waals surface area contributed by atoms with Crippen LogP contribution in [0.3, 0.4) is 0 Å². The van der Waals surface area contributed by atoms with Crippen LogP contribution in [0, 0.1) is 0 Å². The van der Waals surface area contributed by atoms with Crippen molar-refractivity contribution in [2.24, 2.45) is 0 Å². The lowest BCUT2D eigenvalue weighted by Crippen LogP contribution is -2.45. The minimum atomic E-state index is -0.204. The molecular formula is C16H25N3O4. The molecule has 1 aromatic heterocycles. The van der Waals surface area contributed by atoms with Crippen molar-refractivity contribution in [3.8, 4) is 0 Å². The second-order valence-corrected chi connectivity index (χ2v) is 5.66. The van der Waals surface area contributed by atoms with Crippen molar-refractivity contribution >= 4 is 17.4 Å². The molecule has 0 unspecified atom stereocenters. The number of hydrogen-bond donors (Lipinski definition) is 1. The molecule has 0 bridgehead atoms. The molecule has 7 heteroatoms. The predicted molar refractivity (Wildman–Crippen MR) is 87.8 cm³/mol. The molecule has 0 spiro atoms. The molecule has 1 aromatic rings. The number of pyridine rings is 1. The van der Waals surface area contributed by atoms with E-state index < -0.39 is 0 Å². The summed E-state index contributed by atoms with van der Waals surface area (Å²) in [6.45, 7) is 6.62. The summed E-state index contributed by atoms with van der Waals surface area (Å²) in [6.07, 6.45) is 2.03. The fraction of sp³-hybridized carbons (Fsp3) is 0.625. The van der Waals surface area contributed by atoms with Crippen LogP contribution < -0.4 is 10.2 Å². The third-order valence-corrected chi connectivity index (χ3v) is 3.44. The third-order valence-electron chi connectivity index (χ3n) is 3.44. The van der Waals surface area contributed by atoms with Crippen molar-refractivity contribution < 1.29 is 19.0 Å². The molecule has 128 valence electrons. The molecule has 0 radical (unpaired) electrons. The summed E-state index contributed by atoms with van der Waals surface area (Å²) in [5, 5.41) is 2.76. The first-order chi connectivity index (χ1) is 11.1. The molecule has 7 nitrogen and oxygen atoms in total. The van der Waals surface area contributed by atoms with E-state index in [4.69, 9.17) is 14.2 Å². The SMILES string of the molecule is COCCOCC(=O)Nc1ccc(N2C[C@@H](C)O[C@@H](C)C2)nc1. The fourth-order valence-corrected chi connectivity index (χ4v) is 2.52. The van der Waals surface area contributed by atoms with Gasteiger partial charge in [-0.15, -0.1) is 0 Å². The van der Waals surface area contributed by atoms with Crippen molar-refractivity contribution in [3.05, 3.63) is 18.3 Å². The zero-order chi connectivity index (χ0) is 16.7. The number of ether oxygens (including phenoxy) is 3. The number of carbonyl (C=O) groups excluding carboxylic acids is 1. The van der Waals surface area contributed by atoms with E-state index in [9.17, 15) is 4.79 Å². The van der Waals surface area contributed by atoms with Gasteiger partial charge in [-0.05, 0) is 26.0 Å². The van der Waals surface area contributed by atoms with Crippen LogP contribution in [0.1, 0.15) is 13.8 Å². The smallest absolute Gasteiger partial charge is 0.250 e. The molecule has 1 saturated heterocycles. The molecular weight excluding hydrogens is 298 g/mol. The Morgan fingerprint density at radius 3 is 2.70 bits per heavy atom. The van der Waals surface area contributed by atoms with Gasteiger partial charge in [0, 0.05) is 20.2 Å². The number of anilines is 2. The Kier molecular flexibility index (Phi) is 6.76. The summed E-state index contributed by atoms with van der Waals surface area (Å²) >= 11 is 0. The van der Waals surface area contributed by atoms with E-state index in [1.54, 1.807) is 13.3 Å². The zero-order valence-electron chi connectivity index (χ0n) is 13.9. The van der Waals surface area contributed by atoms with E-state index in [1.165, 1.54) is 0 Å². The van der Waals surface area contributed by atoms with Crippen LogP contribution in [0.2, 0.25) is 0 Å². The molecule has 1 amide bonds. The summed E-state index contributed by atoms with van der Waals surface area (Å²) in [6, 6.07) is 3.76. The van der Waals surface area contributed by atoms with Crippen molar-refractivity contribution in [3.63, 3.8) is 0 Å². The maximum Gasteiger partial charge on any atom is 0.250 e. The number of nitrogens with zero attached hydrogens (tertiary/aromatic N) is 2. The minimum absolute atomic E-state index is 0.00358. The van der Waals surface area contributed by atoms with Gasteiger partial charge in [-0.2, -0.15) is 0 Å². The Labute approximate surface area is 136 Å². The predicted octanol–water partition coefficient (Wildman–Crippen LogP) is 1.30. The molecule has 1 fully saturated rings. The van der Waals surface area contributed by atoms with E-state index in [1.807, 2.05) is 12.1 Å². The van der Waals surface area contributed by atoms with Gasteiger partial charge in [-0.25, -0.2) is 4.98 Å². The lowest BCUT2D eigenvalue weighted by atomic mass is 10.2. The molecule has 0 saturated carbocycles. The van der Waals surface area contributed by atoms with Crippen LogP contribution >= 0.6 is 0 Å². The van der Waals surface area contributed by atoms with E-state index in [0.29, 0.717) is 18.9 Å². The molecule has 1 aliphatic rings. The second kappa shape index (κ2) is 8.81. The average molecular weight is 323 g/mol. The Hall–Kier alpha value is -1.70. The van der Waals surface area contributed by atoms with Gasteiger partial charge in [-0.1, -0.05) is 0 Å². The van der Waals surface area contributed by atoms with E-state index >= 15 is 0 Å². The first kappa shape index (κ1) is 17.7. The monoisotopic (exact) mass is 323 g/mol. The van der Waals surface area contributed by atoms with Crippen LogP contribution in [0.15, 0.2) is 18.3 Å². The maximum atomic E-state index is 11.7. The molecule has 0 aliphatic carbocycles. The highest BCUT2D eigenvalue weighted by atomic mass is 16.5. The van der Waals surface area contributed by atoms with Crippen molar-refractivity contribution in [1.82, 2.24) is 4.98 Å². The van der Waals surface area contributed by atoms with Gasteiger partial charge in [0.15, 0.2) is 0 Å². The lowest BCUT2D eigenvalue weighted by molar-refractivity contribution is -0.121. The molecule has 23 heavy (non-hydrogen) atoms. The lowest BCUT2D eigenvalue weighted by Gasteiger charge is -2.36. The van der Waals surface area contributed by atoms with Crippen molar-refractivity contribution in [1.29, 1.82) is 0 Å². The first-order valence-corrected chi connectivity index (χ1v) is 7.81. The second-order valence-electron chi connectivity index (χ2n) is 5.66. The number of methoxy groups -OCH3 is 1. The topological polar surface area (TPSA) is 72.9 Å². The van der Waals surface area contributed by atoms with Crippen molar-refractivity contribution in [2.45, 2.75) is 26.1 Å². The number of amides is 1. The summed E-state index contributed by atoms with van der Waals surface area (Å²) < 4.78 is 15.7. The number of aromatic nitrogens is 1. The number of hydrogen-bond acceptors (Lipinski definition) is 6. The molecule has 1 aliphatic heterocycles. The number of carbonyl (C=O) groups is 1. The highest BCUT2D eigenvalue weighted by Gasteiger charge is 2.22. The van der Waals surface area contributed by atoms with E-state index in [-0.39, 0.29) is 24.7 Å². The van der Waals surface area contributed by atoms with E-state index in [0.717, 1.165) is 18.9 Å². The normalized spacial score (nSPS) is 21.3. The van der Waals surface area contributed by atoms with Gasteiger partial charge in [0.1, 0.15) is 12.4 Å². The number of nitrogens with one attached hydrogen (secondary N) is 1. The molecule has 1 N–H and O–H groups in total. The van der Waals surface area contributed by atoms with Gasteiger partial charge >= 0.3 is 0 Å². The van der Waals surface area contributed by atoms with Gasteiger partial charge in [-0.3, -0.25) is 4.79 Å². The van der Waals surface area contributed by atoms with Crippen LogP contribution in [-0.2, 0) is 19.0 Å². The Bertz CT molecular complexity index is 485. The fourth-order valence-electron chi connectivity index (χ4n) is 2.52. The van der Waals surface area contributed by atoms with Crippen LogP contribution in [0.4, 0.5) is 11.5 Å². The molecule has 2 rings (SSSR count). The number of rotatable bonds is 7. The Morgan fingerprint density at radius 2 is 2.09 bits per heavy atom. The average Bonchev–Trinajstić information content (AvgIpc) is 2.51. The Morgan fingerprint density at radius 1 is 1.35 bits per heavy atom. The van der Waals surface area contributed by atoms with Crippen LogP contribution in [0.5, 0.6) is 0 Å². The van der Waals surface area contributed by atoms with Gasteiger partial charge in [0.05, 0.1) is 37.3 Å². The highest BCUT2D eigenvalue weighted by molar-refractivity contribution is 5.91. The van der Waals surface area contributed by atoms with E-state index in [2.05, 4.69) is 29.0 Å². The number of morpholine rings is 1. The molecule has 2 heterocycles. The molecule has 0 aromatic carbocycles. The van der Waals surface area contributed by atoms with Gasteiger partial charge in [0.2, 0.25) is 5.91 Å². The maximum absolute atomic E-state index is 11.7. The quantitative estimate of drug-likeness (QED) is 0.763. The minimum Gasteiger partial charge on any atom is -0.382 e. The highest BCUT2D eigenvalue weighted by Crippen LogP contribution is 2.19. The standard InChI is InChI=1S/C16H25N3O4/c1-12-9-19(10-13(2)23-12)15-5-4-14(8-17-15)18-16(20)11-22-7-6-21-3/h4-5,8,12-13H,6-7,9-11H2,1-3H3,(H,18,20)/t12-,13+. The zero-order valence-corrected chi connectivity index (χ0v) is 13.9. The largest absolute Gasteiger partial charge is 0.382 e. The van der Waals surface area contributed by atoms with Gasteiger partial charge in [0.25, 0.3) is 0 Å². The summed E-state index contributed by atoms with van der Waals surface area (Å²) in [5.41, 5.74) is 0.656. The summed E-state index contributed by atoms with van der Waals surface area (Å²) in [5.74, 6) is 0.686. The van der Waals surface area contributed by atoms with Gasteiger partial charge < -0.3 is 24.4 Å².